The average molecular weight is 438 g/mol. The van der Waals surface area contributed by atoms with Crippen molar-refractivity contribution in [1.82, 2.24) is 4.90 Å². The van der Waals surface area contributed by atoms with Gasteiger partial charge in [0.05, 0.1) is 12.7 Å². The van der Waals surface area contributed by atoms with Gasteiger partial charge in [0.25, 0.3) is 11.8 Å². The van der Waals surface area contributed by atoms with E-state index < -0.39 is 0 Å². The van der Waals surface area contributed by atoms with E-state index in [4.69, 9.17) is 18.9 Å². The van der Waals surface area contributed by atoms with E-state index in [1.807, 2.05) is 6.92 Å². The first kappa shape index (κ1) is 21.7. The third-order valence-electron chi connectivity index (χ3n) is 5.23. The number of amides is 2. The second kappa shape index (κ2) is 9.74. The number of fused-ring (bicyclic) bond motifs is 1. The quantitative estimate of drug-likeness (QED) is 0.476. The molecule has 32 heavy (non-hydrogen) atoms. The van der Waals surface area contributed by atoms with Gasteiger partial charge in [0.15, 0.2) is 11.5 Å². The molecule has 0 unspecified atom stereocenters. The molecular weight excluding hydrogens is 412 g/mol. The number of imide groups is 1. The van der Waals surface area contributed by atoms with Gasteiger partial charge >= 0.3 is 0 Å². The number of carbonyl (C=O) groups excluding carboxylic acids is 2. The van der Waals surface area contributed by atoms with Crippen molar-refractivity contribution in [1.29, 1.82) is 0 Å². The fourth-order valence-electron chi connectivity index (χ4n) is 3.66. The highest BCUT2D eigenvalue weighted by atomic mass is 16.6. The molecule has 0 saturated carbocycles. The zero-order chi connectivity index (χ0) is 22.5. The maximum atomic E-state index is 13.3. The predicted octanol–water partition coefficient (Wildman–Crippen LogP) is 3.09. The lowest BCUT2D eigenvalue weighted by atomic mass is 10.0. The van der Waals surface area contributed by atoms with Gasteiger partial charge in [0.1, 0.15) is 24.7 Å². The monoisotopic (exact) mass is 438 g/mol. The molecule has 0 saturated heterocycles. The van der Waals surface area contributed by atoms with Gasteiger partial charge in [-0.05, 0) is 43.2 Å². The number of benzene rings is 2. The summed E-state index contributed by atoms with van der Waals surface area (Å²) in [5.74, 6) is 1.21. The summed E-state index contributed by atoms with van der Waals surface area (Å²) in [6.45, 7) is 4.22. The summed E-state index contributed by atoms with van der Waals surface area (Å²) in [4.78, 5) is 27.8. The topological polar surface area (TPSA) is 86.3 Å². The van der Waals surface area contributed by atoms with Crippen molar-refractivity contribution in [2.75, 3.05) is 45.4 Å². The van der Waals surface area contributed by atoms with E-state index >= 15 is 0 Å². The Kier molecular flexibility index (Phi) is 6.61. The average Bonchev–Trinajstić information content (AvgIpc) is 3.05. The Morgan fingerprint density at radius 1 is 1.00 bits per heavy atom. The van der Waals surface area contributed by atoms with E-state index in [2.05, 4.69) is 5.32 Å². The third kappa shape index (κ3) is 4.40. The molecule has 8 heteroatoms. The van der Waals surface area contributed by atoms with Gasteiger partial charge in [-0.2, -0.15) is 0 Å². The van der Waals surface area contributed by atoms with Gasteiger partial charge in [0, 0.05) is 31.5 Å². The molecule has 2 amide bonds. The summed E-state index contributed by atoms with van der Waals surface area (Å²) >= 11 is 0. The Bertz CT molecular complexity index is 1030. The van der Waals surface area contributed by atoms with Crippen LogP contribution in [-0.4, -0.2) is 56.8 Å². The lowest BCUT2D eigenvalue weighted by Crippen LogP contribution is -2.34. The van der Waals surface area contributed by atoms with Crippen LogP contribution in [0.1, 0.15) is 18.9 Å². The second-order valence-corrected chi connectivity index (χ2v) is 7.27. The molecule has 8 nitrogen and oxygen atoms in total. The predicted molar refractivity (Wildman–Crippen MR) is 119 cm³/mol. The Balaban J connectivity index is 1.65. The first-order valence-electron chi connectivity index (χ1n) is 10.6. The molecule has 0 aromatic heterocycles. The maximum absolute atomic E-state index is 13.3. The number of ether oxygens (including phenoxy) is 4. The molecule has 0 bridgehead atoms. The molecule has 0 atom stereocenters. The highest BCUT2D eigenvalue weighted by molar-refractivity contribution is 6.36. The molecule has 0 spiro atoms. The van der Waals surface area contributed by atoms with Gasteiger partial charge in [0.2, 0.25) is 0 Å². The van der Waals surface area contributed by atoms with Crippen LogP contribution in [0.5, 0.6) is 17.2 Å². The fourth-order valence-corrected chi connectivity index (χ4v) is 3.66. The van der Waals surface area contributed by atoms with Crippen LogP contribution in [-0.2, 0) is 14.3 Å². The zero-order valence-corrected chi connectivity index (χ0v) is 18.2. The van der Waals surface area contributed by atoms with Gasteiger partial charge in [-0.3, -0.25) is 14.5 Å². The molecule has 2 aromatic carbocycles. The van der Waals surface area contributed by atoms with E-state index in [0.29, 0.717) is 66.9 Å². The first-order valence-corrected chi connectivity index (χ1v) is 10.6. The SMILES string of the molecule is CCOCCCN1C(=O)C(Nc2ccc3c(c2)OCCO3)=C(c2ccc(OC)cc2)C1=O. The van der Waals surface area contributed by atoms with Crippen molar-refractivity contribution >= 4 is 23.1 Å². The summed E-state index contributed by atoms with van der Waals surface area (Å²) in [6, 6.07) is 12.4. The number of nitrogens with zero attached hydrogens (tertiary/aromatic N) is 1. The van der Waals surface area contributed by atoms with Gasteiger partial charge in [-0.1, -0.05) is 12.1 Å². The van der Waals surface area contributed by atoms with Gasteiger partial charge in [-0.25, -0.2) is 0 Å². The summed E-state index contributed by atoms with van der Waals surface area (Å²) in [5.41, 5.74) is 1.82. The van der Waals surface area contributed by atoms with Crippen molar-refractivity contribution in [3.8, 4) is 17.2 Å². The van der Waals surface area contributed by atoms with Crippen molar-refractivity contribution in [2.45, 2.75) is 13.3 Å². The highest BCUT2D eigenvalue weighted by Gasteiger charge is 2.39. The van der Waals surface area contributed by atoms with Crippen LogP contribution < -0.4 is 19.5 Å². The summed E-state index contributed by atoms with van der Waals surface area (Å²) < 4.78 is 21.8. The number of anilines is 1. The van der Waals surface area contributed by atoms with Crippen LogP contribution in [0.2, 0.25) is 0 Å². The Morgan fingerprint density at radius 2 is 1.75 bits per heavy atom. The van der Waals surface area contributed by atoms with Crippen LogP contribution in [0.25, 0.3) is 5.57 Å². The molecule has 0 radical (unpaired) electrons. The molecule has 2 heterocycles. The van der Waals surface area contributed by atoms with Crippen molar-refractivity contribution < 1.29 is 28.5 Å². The van der Waals surface area contributed by atoms with Crippen molar-refractivity contribution in [3.05, 3.63) is 53.7 Å². The van der Waals surface area contributed by atoms with Crippen LogP contribution in [0.3, 0.4) is 0 Å². The zero-order valence-electron chi connectivity index (χ0n) is 18.2. The lowest BCUT2D eigenvalue weighted by Gasteiger charge is -2.19. The summed E-state index contributed by atoms with van der Waals surface area (Å²) in [5, 5.41) is 3.15. The normalized spacial score (nSPS) is 15.4. The number of nitrogens with one attached hydrogen (secondary N) is 1. The van der Waals surface area contributed by atoms with E-state index in [1.54, 1.807) is 49.6 Å². The van der Waals surface area contributed by atoms with E-state index in [1.165, 1.54) is 4.90 Å². The van der Waals surface area contributed by atoms with E-state index in [-0.39, 0.29) is 24.1 Å². The highest BCUT2D eigenvalue weighted by Crippen LogP contribution is 2.35. The van der Waals surface area contributed by atoms with E-state index in [0.717, 1.165) is 0 Å². The minimum absolute atomic E-state index is 0.230. The molecule has 2 aliphatic heterocycles. The van der Waals surface area contributed by atoms with Crippen LogP contribution >= 0.6 is 0 Å². The van der Waals surface area contributed by atoms with Crippen LogP contribution in [0, 0.1) is 0 Å². The smallest absolute Gasteiger partial charge is 0.278 e. The molecule has 2 aromatic rings. The number of hydrogen-bond acceptors (Lipinski definition) is 7. The number of carbonyl (C=O) groups is 2. The minimum atomic E-state index is -0.368. The molecule has 0 aliphatic carbocycles. The molecule has 2 aliphatic rings. The number of rotatable bonds is 9. The van der Waals surface area contributed by atoms with E-state index in [9.17, 15) is 9.59 Å². The van der Waals surface area contributed by atoms with Crippen LogP contribution in [0.4, 0.5) is 5.69 Å². The van der Waals surface area contributed by atoms with Crippen molar-refractivity contribution in [2.24, 2.45) is 0 Å². The van der Waals surface area contributed by atoms with Crippen LogP contribution in [0.15, 0.2) is 48.2 Å². The molecule has 1 N–H and O–H groups in total. The Hall–Kier alpha value is -3.52. The standard InChI is InChI=1S/C24H26N2O6/c1-3-30-12-4-11-26-23(27)21(16-5-8-18(29-2)9-6-16)22(24(26)28)25-17-7-10-19-20(15-17)32-14-13-31-19/h5-10,15,25H,3-4,11-14H2,1-2H3. The fraction of sp³-hybridized carbons (Fsp3) is 0.333. The maximum Gasteiger partial charge on any atom is 0.278 e. The lowest BCUT2D eigenvalue weighted by molar-refractivity contribution is -0.137. The molecule has 168 valence electrons. The summed E-state index contributed by atoms with van der Waals surface area (Å²) in [6.07, 6.45) is 0.568. The molecule has 0 fully saturated rings. The van der Waals surface area contributed by atoms with Gasteiger partial charge in [-0.15, -0.1) is 0 Å². The Morgan fingerprint density at radius 3 is 2.47 bits per heavy atom. The summed E-state index contributed by atoms with van der Waals surface area (Å²) in [7, 11) is 1.58. The molecule has 4 rings (SSSR count). The largest absolute Gasteiger partial charge is 0.497 e. The second-order valence-electron chi connectivity index (χ2n) is 7.27. The van der Waals surface area contributed by atoms with Gasteiger partial charge < -0.3 is 24.3 Å². The molecular formula is C24H26N2O6. The number of methoxy groups -OCH3 is 1. The first-order chi connectivity index (χ1) is 15.6. The van der Waals surface area contributed by atoms with Crippen molar-refractivity contribution in [3.63, 3.8) is 0 Å². The third-order valence-corrected chi connectivity index (χ3v) is 5.23. The Labute approximate surface area is 186 Å². The number of hydrogen-bond donors (Lipinski definition) is 1. The minimum Gasteiger partial charge on any atom is -0.497 e.